The topological polar surface area (TPSA) is 12.0 Å². The van der Waals surface area contributed by atoms with Crippen LogP contribution in [0.4, 0.5) is 8.78 Å². The summed E-state index contributed by atoms with van der Waals surface area (Å²) in [6, 6.07) is 4.86. The van der Waals surface area contributed by atoms with Crippen molar-refractivity contribution in [3.63, 3.8) is 0 Å². The van der Waals surface area contributed by atoms with Crippen LogP contribution in [-0.2, 0) is 0 Å². The molecule has 0 spiro atoms. The van der Waals surface area contributed by atoms with E-state index in [1.807, 2.05) is 0 Å². The minimum Gasteiger partial charge on any atom is -0.314 e. The molecule has 106 valence electrons. The smallest absolute Gasteiger partial charge is 0.159 e. The van der Waals surface area contributed by atoms with E-state index in [0.717, 1.165) is 31.4 Å². The highest BCUT2D eigenvalue weighted by atomic mass is 19.2. The van der Waals surface area contributed by atoms with Crippen molar-refractivity contribution in [1.29, 1.82) is 0 Å². The van der Waals surface area contributed by atoms with E-state index in [0.29, 0.717) is 12.0 Å². The quantitative estimate of drug-likeness (QED) is 0.841. The summed E-state index contributed by atoms with van der Waals surface area (Å²) in [5, 5.41) is 3.53. The molecule has 2 rings (SSSR count). The predicted octanol–water partition coefficient (Wildman–Crippen LogP) is 4.24. The second kappa shape index (κ2) is 5.58. The Morgan fingerprint density at radius 3 is 2.37 bits per heavy atom. The first kappa shape index (κ1) is 14.4. The van der Waals surface area contributed by atoms with Crippen LogP contribution in [-0.4, -0.2) is 12.6 Å². The van der Waals surface area contributed by atoms with Crippen LogP contribution in [0, 0.1) is 17.0 Å². The van der Waals surface area contributed by atoms with Gasteiger partial charge in [0.25, 0.3) is 0 Å². The number of nitrogens with one attached hydrogen (secondary N) is 1. The standard InChI is InChI=1S/C16H23F2N/c1-4-16(5-2)12(10-15(16)19-6-3)11-7-8-13(17)14(18)9-11/h7-9,12,15,19H,4-6,10H2,1-3H3. The highest BCUT2D eigenvalue weighted by Gasteiger charge is 2.52. The normalized spacial score (nSPS) is 25.1. The van der Waals surface area contributed by atoms with Gasteiger partial charge in [0.05, 0.1) is 0 Å². The fourth-order valence-electron chi connectivity index (χ4n) is 3.75. The number of benzene rings is 1. The molecule has 0 aliphatic heterocycles. The van der Waals surface area contributed by atoms with E-state index in [9.17, 15) is 8.78 Å². The lowest BCUT2D eigenvalue weighted by atomic mass is 9.52. The Balaban J connectivity index is 2.27. The van der Waals surface area contributed by atoms with Crippen molar-refractivity contribution < 1.29 is 8.78 Å². The summed E-state index contributed by atoms with van der Waals surface area (Å²) >= 11 is 0. The maximum atomic E-state index is 13.4. The van der Waals surface area contributed by atoms with Gasteiger partial charge in [0.1, 0.15) is 0 Å². The second-order valence-corrected chi connectivity index (χ2v) is 5.51. The molecule has 1 aromatic rings. The van der Waals surface area contributed by atoms with Gasteiger partial charge in [-0.15, -0.1) is 0 Å². The van der Waals surface area contributed by atoms with Crippen LogP contribution in [0.2, 0.25) is 0 Å². The van der Waals surface area contributed by atoms with Gasteiger partial charge in [0, 0.05) is 6.04 Å². The van der Waals surface area contributed by atoms with Crippen molar-refractivity contribution >= 4 is 0 Å². The second-order valence-electron chi connectivity index (χ2n) is 5.51. The van der Waals surface area contributed by atoms with Crippen LogP contribution < -0.4 is 5.32 Å². The molecule has 3 heteroatoms. The van der Waals surface area contributed by atoms with Crippen molar-refractivity contribution in [3.05, 3.63) is 35.4 Å². The molecule has 1 aliphatic carbocycles. The van der Waals surface area contributed by atoms with Crippen molar-refractivity contribution in [2.45, 2.75) is 52.0 Å². The molecule has 0 amide bonds. The molecule has 19 heavy (non-hydrogen) atoms. The number of halogens is 2. The molecular formula is C16H23F2N. The van der Waals surface area contributed by atoms with Crippen molar-refractivity contribution in [1.82, 2.24) is 5.32 Å². The van der Waals surface area contributed by atoms with Crippen molar-refractivity contribution in [2.24, 2.45) is 5.41 Å². The maximum Gasteiger partial charge on any atom is 0.159 e. The molecule has 2 atom stereocenters. The first-order valence-corrected chi connectivity index (χ1v) is 7.27. The third kappa shape index (κ3) is 2.29. The molecule has 1 aliphatic rings. The number of rotatable bonds is 5. The Labute approximate surface area is 114 Å². The average molecular weight is 267 g/mol. The summed E-state index contributed by atoms with van der Waals surface area (Å²) in [7, 11) is 0. The van der Waals surface area contributed by atoms with E-state index < -0.39 is 11.6 Å². The van der Waals surface area contributed by atoms with E-state index in [4.69, 9.17) is 0 Å². The van der Waals surface area contributed by atoms with Crippen LogP contribution in [0.3, 0.4) is 0 Å². The summed E-state index contributed by atoms with van der Waals surface area (Å²) in [5.74, 6) is -1.16. The van der Waals surface area contributed by atoms with Crippen LogP contribution in [0.25, 0.3) is 0 Å². The molecule has 2 unspecified atom stereocenters. The van der Waals surface area contributed by atoms with Gasteiger partial charge in [-0.3, -0.25) is 0 Å². The molecule has 1 fully saturated rings. The van der Waals surface area contributed by atoms with Gasteiger partial charge in [0.2, 0.25) is 0 Å². The minimum atomic E-state index is -0.759. The first-order valence-electron chi connectivity index (χ1n) is 7.27. The van der Waals surface area contributed by atoms with Gasteiger partial charge in [0.15, 0.2) is 11.6 Å². The van der Waals surface area contributed by atoms with Gasteiger partial charge in [-0.05, 0) is 54.8 Å². The predicted molar refractivity (Wildman–Crippen MR) is 74.2 cm³/mol. The van der Waals surface area contributed by atoms with Gasteiger partial charge >= 0.3 is 0 Å². The Kier molecular flexibility index (Phi) is 4.24. The zero-order chi connectivity index (χ0) is 14.0. The lowest BCUT2D eigenvalue weighted by molar-refractivity contribution is 0.0208. The Bertz CT molecular complexity index is 440. The van der Waals surface area contributed by atoms with Gasteiger partial charge < -0.3 is 5.32 Å². The van der Waals surface area contributed by atoms with Crippen molar-refractivity contribution in [2.75, 3.05) is 6.54 Å². The van der Waals surface area contributed by atoms with E-state index in [1.165, 1.54) is 12.1 Å². The monoisotopic (exact) mass is 267 g/mol. The summed E-state index contributed by atoms with van der Waals surface area (Å²) in [6.45, 7) is 7.46. The van der Waals surface area contributed by atoms with Crippen molar-refractivity contribution in [3.8, 4) is 0 Å². The first-order chi connectivity index (χ1) is 9.08. The lowest BCUT2D eigenvalue weighted by Gasteiger charge is -2.56. The molecule has 0 heterocycles. The van der Waals surface area contributed by atoms with E-state index >= 15 is 0 Å². The molecule has 0 saturated heterocycles. The van der Waals surface area contributed by atoms with Crippen LogP contribution in [0.1, 0.15) is 51.5 Å². The Morgan fingerprint density at radius 2 is 1.84 bits per heavy atom. The van der Waals surface area contributed by atoms with Crippen LogP contribution in [0.15, 0.2) is 18.2 Å². The summed E-state index contributed by atoms with van der Waals surface area (Å²) in [5.41, 5.74) is 1.12. The summed E-state index contributed by atoms with van der Waals surface area (Å²) in [4.78, 5) is 0. The largest absolute Gasteiger partial charge is 0.314 e. The summed E-state index contributed by atoms with van der Waals surface area (Å²) < 4.78 is 26.5. The van der Waals surface area contributed by atoms with E-state index in [1.54, 1.807) is 6.07 Å². The molecule has 0 radical (unpaired) electrons. The highest BCUT2D eigenvalue weighted by Crippen LogP contribution is 2.57. The van der Waals surface area contributed by atoms with Crippen LogP contribution in [0.5, 0.6) is 0 Å². The van der Waals surface area contributed by atoms with Gasteiger partial charge in [-0.25, -0.2) is 8.78 Å². The molecular weight excluding hydrogens is 244 g/mol. The zero-order valence-electron chi connectivity index (χ0n) is 12.0. The fourth-order valence-corrected chi connectivity index (χ4v) is 3.75. The molecule has 0 bridgehead atoms. The summed E-state index contributed by atoms with van der Waals surface area (Å²) in [6.07, 6.45) is 3.14. The third-order valence-corrected chi connectivity index (χ3v) is 4.97. The Hall–Kier alpha value is -0.960. The van der Waals surface area contributed by atoms with Crippen LogP contribution >= 0.6 is 0 Å². The zero-order valence-corrected chi connectivity index (χ0v) is 12.0. The molecule has 0 aromatic heterocycles. The molecule has 1 nitrogen and oxygen atoms in total. The van der Waals surface area contributed by atoms with E-state index in [2.05, 4.69) is 26.1 Å². The average Bonchev–Trinajstić information content (AvgIpc) is 2.39. The Morgan fingerprint density at radius 1 is 1.16 bits per heavy atom. The minimum absolute atomic E-state index is 0.181. The number of hydrogen-bond acceptors (Lipinski definition) is 1. The molecule has 1 aromatic carbocycles. The molecule has 1 saturated carbocycles. The van der Waals surface area contributed by atoms with Gasteiger partial charge in [-0.1, -0.05) is 26.8 Å². The third-order valence-electron chi connectivity index (χ3n) is 4.97. The molecule has 1 N–H and O–H groups in total. The SMILES string of the molecule is CCNC1CC(c2ccc(F)c(F)c2)C1(CC)CC. The van der Waals surface area contributed by atoms with E-state index in [-0.39, 0.29) is 5.41 Å². The van der Waals surface area contributed by atoms with Gasteiger partial charge in [-0.2, -0.15) is 0 Å². The lowest BCUT2D eigenvalue weighted by Crippen LogP contribution is -2.58. The highest BCUT2D eigenvalue weighted by molar-refractivity contribution is 5.29. The number of hydrogen-bond donors (Lipinski definition) is 1. The fraction of sp³-hybridized carbons (Fsp3) is 0.625. The maximum absolute atomic E-state index is 13.4.